The minimum atomic E-state index is -0.0314. The van der Waals surface area contributed by atoms with Crippen molar-refractivity contribution in [2.45, 2.75) is 12.8 Å². The van der Waals surface area contributed by atoms with Crippen LogP contribution < -0.4 is 10.1 Å². The van der Waals surface area contributed by atoms with E-state index in [1.54, 1.807) is 19.2 Å². The third-order valence-corrected chi connectivity index (χ3v) is 4.39. The van der Waals surface area contributed by atoms with E-state index in [-0.39, 0.29) is 5.91 Å². The molecule has 1 aromatic rings. The van der Waals surface area contributed by atoms with Gasteiger partial charge >= 0.3 is 0 Å². The van der Waals surface area contributed by atoms with Gasteiger partial charge in [0.2, 0.25) is 0 Å². The summed E-state index contributed by atoms with van der Waals surface area (Å²) in [5.41, 5.74) is 0.948. The lowest BCUT2D eigenvalue weighted by Crippen LogP contribution is -2.30. The Labute approximate surface area is 110 Å². The van der Waals surface area contributed by atoms with Crippen LogP contribution in [0.3, 0.4) is 0 Å². The Hall–Kier alpha value is -1.03. The summed E-state index contributed by atoms with van der Waals surface area (Å²) in [7, 11) is 1.60. The van der Waals surface area contributed by atoms with Crippen LogP contribution in [0.1, 0.15) is 23.2 Å². The lowest BCUT2D eigenvalue weighted by atomic mass is 10.1. The average Bonchev–Trinajstić information content (AvgIpc) is 3.17. The summed E-state index contributed by atoms with van der Waals surface area (Å²) >= 11 is 3.49. The first-order valence-electron chi connectivity index (χ1n) is 5.67. The Kier molecular flexibility index (Phi) is 3.72. The van der Waals surface area contributed by atoms with Crippen LogP contribution >= 0.6 is 15.9 Å². The smallest absolute Gasteiger partial charge is 0.251 e. The molecule has 0 saturated heterocycles. The molecule has 92 valence electrons. The largest absolute Gasteiger partial charge is 0.497 e. The third kappa shape index (κ3) is 3.00. The molecule has 1 amide bonds. The first-order chi connectivity index (χ1) is 8.19. The monoisotopic (exact) mass is 297 g/mol. The third-order valence-electron chi connectivity index (χ3n) is 3.20. The lowest BCUT2D eigenvalue weighted by molar-refractivity contribution is 0.0946. The number of halogens is 1. The van der Waals surface area contributed by atoms with E-state index in [4.69, 9.17) is 4.74 Å². The molecule has 0 spiro atoms. The minimum Gasteiger partial charge on any atom is -0.497 e. The van der Waals surface area contributed by atoms with Gasteiger partial charge in [-0.3, -0.25) is 4.79 Å². The highest BCUT2D eigenvalue weighted by molar-refractivity contribution is 9.09. The first-order valence-corrected chi connectivity index (χ1v) is 6.79. The van der Waals surface area contributed by atoms with E-state index >= 15 is 0 Å². The van der Waals surface area contributed by atoms with E-state index in [9.17, 15) is 4.79 Å². The molecule has 0 aromatic heterocycles. The average molecular weight is 298 g/mol. The van der Waals surface area contributed by atoms with Crippen molar-refractivity contribution >= 4 is 21.8 Å². The first kappa shape index (κ1) is 12.4. The number of hydrogen-bond acceptors (Lipinski definition) is 2. The van der Waals surface area contributed by atoms with Gasteiger partial charge in [-0.1, -0.05) is 22.0 Å². The number of hydrogen-bond donors (Lipinski definition) is 1. The van der Waals surface area contributed by atoms with E-state index in [0.717, 1.165) is 11.9 Å². The predicted molar refractivity (Wildman–Crippen MR) is 70.8 cm³/mol. The Balaban J connectivity index is 1.95. The molecule has 1 aliphatic carbocycles. The van der Waals surface area contributed by atoms with Gasteiger partial charge in [0.25, 0.3) is 5.91 Å². The highest BCUT2D eigenvalue weighted by Crippen LogP contribution is 2.46. The SMILES string of the molecule is COc1cccc(C(=O)NCC2(CBr)CC2)c1. The maximum Gasteiger partial charge on any atom is 0.251 e. The number of carbonyl (C=O) groups excluding carboxylic acids is 1. The Bertz CT molecular complexity index is 416. The van der Waals surface area contributed by atoms with Crippen LogP contribution in [0.5, 0.6) is 5.75 Å². The number of carbonyl (C=O) groups is 1. The van der Waals surface area contributed by atoms with Crippen molar-refractivity contribution in [3.63, 3.8) is 0 Å². The van der Waals surface area contributed by atoms with Crippen molar-refractivity contribution in [1.29, 1.82) is 0 Å². The fourth-order valence-corrected chi connectivity index (χ4v) is 2.43. The van der Waals surface area contributed by atoms with E-state index < -0.39 is 0 Å². The summed E-state index contributed by atoms with van der Waals surface area (Å²) in [4.78, 5) is 11.9. The van der Waals surface area contributed by atoms with Crippen molar-refractivity contribution in [1.82, 2.24) is 5.32 Å². The number of nitrogens with one attached hydrogen (secondary N) is 1. The normalized spacial score (nSPS) is 16.4. The maximum atomic E-state index is 11.9. The molecule has 3 nitrogen and oxygen atoms in total. The summed E-state index contributed by atoms with van der Waals surface area (Å²) in [5, 5.41) is 3.94. The summed E-state index contributed by atoms with van der Waals surface area (Å²) in [6, 6.07) is 7.21. The molecular formula is C13H16BrNO2. The highest BCUT2D eigenvalue weighted by atomic mass is 79.9. The number of methoxy groups -OCH3 is 1. The van der Waals surface area contributed by atoms with E-state index in [2.05, 4.69) is 21.2 Å². The quantitative estimate of drug-likeness (QED) is 0.849. The number of benzene rings is 1. The second-order valence-electron chi connectivity index (χ2n) is 4.55. The predicted octanol–water partition coefficient (Wildman–Crippen LogP) is 2.60. The van der Waals surface area contributed by atoms with Crippen molar-refractivity contribution in [3.8, 4) is 5.75 Å². The van der Waals surface area contributed by atoms with Crippen LogP contribution in [0.15, 0.2) is 24.3 Å². The molecule has 0 aliphatic heterocycles. The van der Waals surface area contributed by atoms with Crippen LogP contribution in [-0.2, 0) is 0 Å². The van der Waals surface area contributed by atoms with Gasteiger partial charge in [0, 0.05) is 17.4 Å². The van der Waals surface area contributed by atoms with Crippen molar-refractivity contribution in [2.24, 2.45) is 5.41 Å². The lowest BCUT2D eigenvalue weighted by Gasteiger charge is -2.12. The molecule has 1 aliphatic rings. The van der Waals surface area contributed by atoms with Crippen LogP contribution in [0, 0.1) is 5.41 Å². The second-order valence-corrected chi connectivity index (χ2v) is 5.11. The topological polar surface area (TPSA) is 38.3 Å². The van der Waals surface area contributed by atoms with Gasteiger partial charge in [-0.25, -0.2) is 0 Å². The van der Waals surface area contributed by atoms with Gasteiger partial charge in [0.1, 0.15) is 5.75 Å². The summed E-state index contributed by atoms with van der Waals surface area (Å²) < 4.78 is 5.10. The summed E-state index contributed by atoms with van der Waals surface area (Å²) in [6.45, 7) is 0.744. The van der Waals surface area contributed by atoms with Crippen molar-refractivity contribution in [3.05, 3.63) is 29.8 Å². The maximum absolute atomic E-state index is 11.9. The molecule has 1 aromatic carbocycles. The summed E-state index contributed by atoms with van der Waals surface area (Å²) in [6.07, 6.45) is 2.38. The molecule has 1 N–H and O–H groups in total. The van der Waals surface area contributed by atoms with Crippen LogP contribution in [0.2, 0.25) is 0 Å². The fraction of sp³-hybridized carbons (Fsp3) is 0.462. The Morgan fingerprint density at radius 2 is 2.29 bits per heavy atom. The highest BCUT2D eigenvalue weighted by Gasteiger charge is 2.41. The fourth-order valence-electron chi connectivity index (χ4n) is 1.67. The zero-order chi connectivity index (χ0) is 12.3. The number of ether oxygens (including phenoxy) is 1. The molecule has 4 heteroatoms. The zero-order valence-electron chi connectivity index (χ0n) is 9.83. The van der Waals surface area contributed by atoms with Gasteiger partial charge in [-0.05, 0) is 36.5 Å². The van der Waals surface area contributed by atoms with Gasteiger partial charge in [0.05, 0.1) is 7.11 Å². The van der Waals surface area contributed by atoms with Gasteiger partial charge < -0.3 is 10.1 Å². The van der Waals surface area contributed by atoms with E-state index in [1.807, 2.05) is 12.1 Å². The van der Waals surface area contributed by atoms with Crippen molar-refractivity contribution in [2.75, 3.05) is 19.0 Å². The molecule has 2 rings (SSSR count). The molecule has 0 heterocycles. The van der Waals surface area contributed by atoms with Crippen LogP contribution in [-0.4, -0.2) is 24.9 Å². The molecule has 0 atom stereocenters. The number of rotatable bonds is 5. The van der Waals surface area contributed by atoms with Gasteiger partial charge in [0.15, 0.2) is 0 Å². The zero-order valence-corrected chi connectivity index (χ0v) is 11.4. The molecule has 0 unspecified atom stereocenters. The number of alkyl halides is 1. The van der Waals surface area contributed by atoms with E-state index in [0.29, 0.717) is 16.7 Å². The second kappa shape index (κ2) is 5.08. The number of amides is 1. The van der Waals surface area contributed by atoms with Crippen LogP contribution in [0.25, 0.3) is 0 Å². The Morgan fingerprint density at radius 1 is 1.53 bits per heavy atom. The van der Waals surface area contributed by atoms with Gasteiger partial charge in [-0.15, -0.1) is 0 Å². The molecule has 0 bridgehead atoms. The minimum absolute atomic E-state index is 0.0314. The van der Waals surface area contributed by atoms with Gasteiger partial charge in [-0.2, -0.15) is 0 Å². The molecular weight excluding hydrogens is 282 g/mol. The Morgan fingerprint density at radius 3 is 2.88 bits per heavy atom. The van der Waals surface area contributed by atoms with Crippen molar-refractivity contribution < 1.29 is 9.53 Å². The molecule has 0 radical (unpaired) electrons. The molecule has 17 heavy (non-hydrogen) atoms. The van der Waals surface area contributed by atoms with E-state index in [1.165, 1.54) is 12.8 Å². The summed E-state index contributed by atoms with van der Waals surface area (Å²) in [5.74, 6) is 0.676. The molecule has 1 fully saturated rings. The van der Waals surface area contributed by atoms with Crippen LogP contribution in [0.4, 0.5) is 0 Å². The molecule has 1 saturated carbocycles. The standard InChI is InChI=1S/C13H16BrNO2/c1-17-11-4-2-3-10(7-11)12(16)15-9-13(8-14)5-6-13/h2-4,7H,5-6,8-9H2,1H3,(H,15,16).